The van der Waals surface area contributed by atoms with Gasteiger partial charge >= 0.3 is 18.0 Å². The Morgan fingerprint density at radius 2 is 1.14 bits per heavy atom. The van der Waals surface area contributed by atoms with E-state index in [0.717, 1.165) is 0 Å². The van der Waals surface area contributed by atoms with Gasteiger partial charge in [0, 0.05) is 26.2 Å². The van der Waals surface area contributed by atoms with E-state index in [9.17, 15) is 14.4 Å². The summed E-state index contributed by atoms with van der Waals surface area (Å²) in [5, 5.41) is 0. The van der Waals surface area contributed by atoms with Crippen LogP contribution in [0.2, 0.25) is 0 Å². The van der Waals surface area contributed by atoms with Gasteiger partial charge in [-0.3, -0.25) is 4.79 Å². The normalized spacial score (nSPS) is 16.3. The zero-order valence-electron chi connectivity index (χ0n) is 14.3. The van der Waals surface area contributed by atoms with Gasteiger partial charge in [0.1, 0.15) is 11.2 Å². The van der Waals surface area contributed by atoms with Crippen LogP contribution in [0.4, 0.5) is 4.79 Å². The van der Waals surface area contributed by atoms with E-state index in [1.54, 1.807) is 41.5 Å². The van der Waals surface area contributed by atoms with Crippen LogP contribution in [0, 0.1) is 0 Å². The van der Waals surface area contributed by atoms with Crippen LogP contribution in [0.25, 0.3) is 0 Å². The van der Waals surface area contributed by atoms with Crippen LogP contribution in [0.5, 0.6) is 0 Å². The summed E-state index contributed by atoms with van der Waals surface area (Å²) in [4.78, 5) is 38.6. The van der Waals surface area contributed by atoms with Crippen LogP contribution in [-0.4, -0.2) is 65.2 Å². The number of amides is 2. The quantitative estimate of drug-likeness (QED) is 0.499. The van der Waals surface area contributed by atoms with Crippen molar-refractivity contribution in [1.82, 2.24) is 9.80 Å². The highest BCUT2D eigenvalue weighted by atomic mass is 16.6. The Kier molecular flexibility index (Phi) is 5.43. The van der Waals surface area contributed by atoms with Gasteiger partial charge < -0.3 is 19.3 Å². The predicted octanol–water partition coefficient (Wildman–Crippen LogP) is 1.41. The Hall–Kier alpha value is -1.79. The Bertz CT molecular complexity index is 440. The lowest BCUT2D eigenvalue weighted by Gasteiger charge is -2.35. The first-order valence-electron chi connectivity index (χ1n) is 7.39. The summed E-state index contributed by atoms with van der Waals surface area (Å²) in [5.41, 5.74) is -1.26. The molecule has 0 aromatic heterocycles. The highest BCUT2D eigenvalue weighted by Gasteiger charge is 2.32. The summed E-state index contributed by atoms with van der Waals surface area (Å²) < 4.78 is 10.3. The summed E-state index contributed by atoms with van der Waals surface area (Å²) in [7, 11) is 0. The first-order chi connectivity index (χ1) is 9.89. The molecule has 0 aromatic carbocycles. The van der Waals surface area contributed by atoms with Crippen molar-refractivity contribution in [3.8, 4) is 0 Å². The molecule has 0 aliphatic carbocycles. The van der Waals surface area contributed by atoms with Gasteiger partial charge in [-0.15, -0.1) is 0 Å². The minimum absolute atomic E-state index is 0.289. The highest BCUT2D eigenvalue weighted by Crippen LogP contribution is 2.13. The fourth-order valence-electron chi connectivity index (χ4n) is 1.87. The van der Waals surface area contributed by atoms with Crippen LogP contribution < -0.4 is 0 Å². The topological polar surface area (TPSA) is 76.2 Å². The third-order valence-electron chi connectivity index (χ3n) is 2.79. The average Bonchev–Trinajstić information content (AvgIpc) is 2.34. The van der Waals surface area contributed by atoms with Gasteiger partial charge in [0.25, 0.3) is 0 Å². The summed E-state index contributed by atoms with van der Waals surface area (Å²) >= 11 is 0. The fraction of sp³-hybridized carbons (Fsp3) is 0.800. The summed E-state index contributed by atoms with van der Waals surface area (Å²) in [6.45, 7) is 11.8. The van der Waals surface area contributed by atoms with Crippen LogP contribution in [0.15, 0.2) is 0 Å². The fourth-order valence-corrected chi connectivity index (χ4v) is 1.87. The van der Waals surface area contributed by atoms with Gasteiger partial charge in [-0.1, -0.05) is 0 Å². The van der Waals surface area contributed by atoms with E-state index in [2.05, 4.69) is 0 Å². The molecule has 1 heterocycles. The van der Waals surface area contributed by atoms with Crippen LogP contribution >= 0.6 is 0 Å². The second kappa shape index (κ2) is 6.54. The zero-order chi connectivity index (χ0) is 17.1. The molecule has 1 rings (SSSR count). The monoisotopic (exact) mass is 314 g/mol. The van der Waals surface area contributed by atoms with Gasteiger partial charge in [0.2, 0.25) is 0 Å². The molecule has 0 spiro atoms. The Labute approximate surface area is 131 Å². The minimum atomic E-state index is -0.863. The van der Waals surface area contributed by atoms with E-state index in [1.807, 2.05) is 0 Å². The van der Waals surface area contributed by atoms with Crippen molar-refractivity contribution >= 4 is 18.0 Å². The molecule has 7 heteroatoms. The summed E-state index contributed by atoms with van der Waals surface area (Å²) in [5.74, 6) is -1.53. The third-order valence-corrected chi connectivity index (χ3v) is 2.79. The number of carbonyl (C=O) groups is 3. The lowest BCUT2D eigenvalue weighted by Crippen LogP contribution is -2.53. The van der Waals surface area contributed by atoms with Gasteiger partial charge in [-0.05, 0) is 41.5 Å². The van der Waals surface area contributed by atoms with Crippen molar-refractivity contribution in [2.24, 2.45) is 0 Å². The standard InChI is InChI=1S/C15H26N2O5/c1-14(2,3)21-12(19)11(18)16-7-9-17(10-8-16)13(20)22-15(4,5)6/h7-10H2,1-6H3. The van der Waals surface area contributed by atoms with Gasteiger partial charge in [0.05, 0.1) is 0 Å². The van der Waals surface area contributed by atoms with Gasteiger partial charge in [0.15, 0.2) is 0 Å². The molecule has 0 aromatic rings. The summed E-state index contributed by atoms with van der Waals surface area (Å²) in [6, 6.07) is 0. The SMILES string of the molecule is CC(C)(C)OC(=O)C(=O)N1CCN(C(=O)OC(C)(C)C)CC1. The van der Waals surface area contributed by atoms with Gasteiger partial charge in [-0.25, -0.2) is 9.59 Å². The summed E-state index contributed by atoms with van der Waals surface area (Å²) in [6.07, 6.45) is -0.406. The number of rotatable bonds is 0. The number of hydrogen-bond donors (Lipinski definition) is 0. The molecule has 1 aliphatic rings. The zero-order valence-corrected chi connectivity index (χ0v) is 14.3. The molecular weight excluding hydrogens is 288 g/mol. The van der Waals surface area contributed by atoms with Crippen molar-refractivity contribution in [2.45, 2.75) is 52.7 Å². The number of ether oxygens (including phenoxy) is 2. The molecule has 7 nitrogen and oxygen atoms in total. The van der Waals surface area contributed by atoms with Crippen LogP contribution in [0.1, 0.15) is 41.5 Å². The molecule has 2 amide bonds. The van der Waals surface area contributed by atoms with E-state index < -0.39 is 29.2 Å². The molecule has 0 atom stereocenters. The lowest BCUT2D eigenvalue weighted by molar-refractivity contribution is -0.168. The molecule has 0 unspecified atom stereocenters. The average molecular weight is 314 g/mol. The molecule has 0 radical (unpaired) electrons. The van der Waals surface area contributed by atoms with Crippen LogP contribution in [-0.2, 0) is 19.1 Å². The van der Waals surface area contributed by atoms with E-state index in [1.165, 1.54) is 9.80 Å². The van der Waals surface area contributed by atoms with E-state index in [4.69, 9.17) is 9.47 Å². The maximum absolute atomic E-state index is 12.0. The largest absolute Gasteiger partial charge is 0.453 e. The maximum Gasteiger partial charge on any atom is 0.410 e. The second-order valence-electron chi connectivity index (χ2n) is 7.26. The Balaban J connectivity index is 2.50. The molecule has 1 aliphatic heterocycles. The molecule has 126 valence electrons. The van der Waals surface area contributed by atoms with E-state index in [0.29, 0.717) is 13.1 Å². The number of carbonyl (C=O) groups excluding carboxylic acids is 3. The third kappa shape index (κ3) is 5.91. The van der Waals surface area contributed by atoms with Crippen molar-refractivity contribution in [2.75, 3.05) is 26.2 Å². The number of esters is 1. The number of hydrogen-bond acceptors (Lipinski definition) is 5. The van der Waals surface area contributed by atoms with Crippen molar-refractivity contribution in [1.29, 1.82) is 0 Å². The van der Waals surface area contributed by atoms with E-state index >= 15 is 0 Å². The van der Waals surface area contributed by atoms with Gasteiger partial charge in [-0.2, -0.15) is 0 Å². The molecular formula is C15H26N2O5. The minimum Gasteiger partial charge on any atom is -0.453 e. The Morgan fingerprint density at radius 3 is 1.55 bits per heavy atom. The molecule has 1 fully saturated rings. The molecule has 1 saturated heterocycles. The molecule has 22 heavy (non-hydrogen) atoms. The Morgan fingerprint density at radius 1 is 0.727 bits per heavy atom. The van der Waals surface area contributed by atoms with Crippen molar-refractivity contribution in [3.63, 3.8) is 0 Å². The second-order valence-corrected chi connectivity index (χ2v) is 7.26. The van der Waals surface area contributed by atoms with Crippen molar-refractivity contribution < 1.29 is 23.9 Å². The molecule has 0 saturated carbocycles. The first kappa shape index (κ1) is 18.3. The number of nitrogens with zero attached hydrogens (tertiary/aromatic N) is 2. The molecule has 0 N–H and O–H groups in total. The highest BCUT2D eigenvalue weighted by molar-refractivity contribution is 6.32. The first-order valence-corrected chi connectivity index (χ1v) is 7.39. The number of piperazine rings is 1. The van der Waals surface area contributed by atoms with E-state index in [-0.39, 0.29) is 13.1 Å². The van der Waals surface area contributed by atoms with Crippen LogP contribution in [0.3, 0.4) is 0 Å². The lowest BCUT2D eigenvalue weighted by atomic mass is 10.2. The molecule has 0 bridgehead atoms. The predicted molar refractivity (Wildman–Crippen MR) is 80.2 cm³/mol. The maximum atomic E-state index is 12.0. The van der Waals surface area contributed by atoms with Crippen molar-refractivity contribution in [3.05, 3.63) is 0 Å². The smallest absolute Gasteiger partial charge is 0.410 e.